The molecule has 0 aliphatic rings. The zero-order chi connectivity index (χ0) is 27.7. The van der Waals surface area contributed by atoms with Crippen molar-refractivity contribution in [3.8, 4) is 10.6 Å². The van der Waals surface area contributed by atoms with Crippen LogP contribution < -0.4 is 10.7 Å². The van der Waals surface area contributed by atoms with E-state index in [2.05, 4.69) is 36.9 Å². The van der Waals surface area contributed by atoms with Crippen LogP contribution in [0.25, 0.3) is 10.6 Å². The number of ether oxygens (including phenoxy) is 1. The number of anilines is 1. The van der Waals surface area contributed by atoms with Gasteiger partial charge in [0.1, 0.15) is 11.6 Å². The number of hydrazine groups is 1. The number of nitrogens with one attached hydrogen (secondary N) is 2. The predicted octanol–water partition coefficient (Wildman–Crippen LogP) is 4.97. The monoisotopic (exact) mass is 611 g/mol. The highest BCUT2D eigenvalue weighted by Gasteiger charge is 2.24. The summed E-state index contributed by atoms with van der Waals surface area (Å²) >= 11 is 4.49. The van der Waals surface area contributed by atoms with Crippen LogP contribution in [0.3, 0.4) is 0 Å². The van der Waals surface area contributed by atoms with E-state index in [1.807, 2.05) is 24.3 Å². The molecular formula is C24H24BrF2N5O5S. The topological polar surface area (TPSA) is 134 Å². The average Bonchev–Trinajstić information content (AvgIpc) is 3.33. The van der Waals surface area contributed by atoms with Crippen molar-refractivity contribution < 1.29 is 33.0 Å². The minimum absolute atomic E-state index is 0.0166. The number of aliphatic carboxylic acids is 1. The van der Waals surface area contributed by atoms with E-state index in [1.165, 1.54) is 19.1 Å². The summed E-state index contributed by atoms with van der Waals surface area (Å²) in [5.41, 5.74) is 3.53. The third-order valence-corrected chi connectivity index (χ3v) is 6.65. The van der Waals surface area contributed by atoms with Crippen molar-refractivity contribution in [2.24, 2.45) is 0 Å². The average molecular weight is 612 g/mol. The van der Waals surface area contributed by atoms with Crippen LogP contribution in [0.2, 0.25) is 0 Å². The van der Waals surface area contributed by atoms with Gasteiger partial charge in [0.2, 0.25) is 11.0 Å². The van der Waals surface area contributed by atoms with Crippen molar-refractivity contribution in [2.75, 3.05) is 11.9 Å². The van der Waals surface area contributed by atoms with Gasteiger partial charge in [-0.25, -0.2) is 19.0 Å². The molecule has 0 bridgehead atoms. The Kier molecular flexibility index (Phi) is 10.6. The number of aromatic nitrogens is 2. The van der Waals surface area contributed by atoms with Gasteiger partial charge in [0.15, 0.2) is 11.6 Å². The summed E-state index contributed by atoms with van der Waals surface area (Å²) in [6.07, 6.45) is -0.690. The van der Waals surface area contributed by atoms with E-state index in [0.717, 1.165) is 32.4 Å². The van der Waals surface area contributed by atoms with Crippen LogP contribution >= 0.6 is 27.3 Å². The molecule has 1 aromatic heterocycles. The number of carbonyl (C=O) groups is 3. The first-order chi connectivity index (χ1) is 18.1. The molecule has 0 saturated carbocycles. The SMILES string of the molecule is CC(=O)N(NCc1cccc(F)c1F)[C@@H](CCCC(=O)O)COC(=O)Nc1nnc(-c2ccc(Br)cc2)s1. The zero-order valence-electron chi connectivity index (χ0n) is 20.1. The van der Waals surface area contributed by atoms with Gasteiger partial charge in [0.25, 0.3) is 0 Å². The van der Waals surface area contributed by atoms with Crippen LogP contribution in [0, 0.1) is 11.6 Å². The zero-order valence-corrected chi connectivity index (χ0v) is 22.5. The largest absolute Gasteiger partial charge is 0.481 e. The van der Waals surface area contributed by atoms with E-state index < -0.39 is 35.6 Å². The third-order valence-electron chi connectivity index (χ3n) is 5.24. The molecule has 14 heteroatoms. The molecule has 0 radical (unpaired) electrons. The van der Waals surface area contributed by atoms with Gasteiger partial charge in [-0.3, -0.25) is 19.9 Å². The summed E-state index contributed by atoms with van der Waals surface area (Å²) in [5, 5.41) is 21.3. The standard InChI is InChI=1S/C24H24BrF2N5O5S/c1-14(33)32(28-12-16-4-2-6-19(26)21(16)27)18(5-3-7-20(34)35)13-37-24(36)29-23-31-30-22(38-23)15-8-10-17(25)11-9-15/h2,4,6,8-11,18,28H,3,5,7,12-13H2,1H3,(H,34,35)(H,29,31,36)/t18-/m0/s1. The first-order valence-electron chi connectivity index (χ1n) is 11.3. The van der Waals surface area contributed by atoms with Gasteiger partial charge in [-0.2, -0.15) is 0 Å². The Balaban J connectivity index is 1.64. The highest BCUT2D eigenvalue weighted by atomic mass is 79.9. The molecule has 1 atom stereocenters. The molecular weight excluding hydrogens is 588 g/mol. The van der Waals surface area contributed by atoms with Gasteiger partial charge in [-0.05, 0) is 31.0 Å². The Bertz CT molecular complexity index is 1280. The smallest absolute Gasteiger partial charge is 0.413 e. The Labute approximate surface area is 229 Å². The fourth-order valence-corrected chi connectivity index (χ4v) is 4.41. The van der Waals surface area contributed by atoms with Gasteiger partial charge >= 0.3 is 12.1 Å². The highest BCUT2D eigenvalue weighted by Crippen LogP contribution is 2.27. The molecule has 0 unspecified atom stereocenters. The van der Waals surface area contributed by atoms with Gasteiger partial charge in [-0.1, -0.05) is 51.5 Å². The van der Waals surface area contributed by atoms with Gasteiger partial charge < -0.3 is 9.84 Å². The number of amides is 2. The van der Waals surface area contributed by atoms with Crippen LogP contribution in [0.4, 0.5) is 18.7 Å². The Morgan fingerprint density at radius 1 is 1.16 bits per heavy atom. The second-order valence-corrected chi connectivity index (χ2v) is 9.91. The molecule has 0 aliphatic carbocycles. The summed E-state index contributed by atoms with van der Waals surface area (Å²) in [7, 11) is 0. The number of carboxylic acid groups (broad SMARTS) is 1. The maximum atomic E-state index is 14.1. The van der Waals surface area contributed by atoms with Crippen molar-refractivity contribution in [3.63, 3.8) is 0 Å². The fourth-order valence-electron chi connectivity index (χ4n) is 3.41. The molecule has 2 amide bonds. The molecule has 3 aromatic rings. The van der Waals surface area contributed by atoms with E-state index in [-0.39, 0.29) is 43.1 Å². The van der Waals surface area contributed by atoms with Crippen LogP contribution in [-0.4, -0.2) is 50.9 Å². The van der Waals surface area contributed by atoms with E-state index >= 15 is 0 Å². The third kappa shape index (κ3) is 8.53. The lowest BCUT2D eigenvalue weighted by Crippen LogP contribution is -2.50. The lowest BCUT2D eigenvalue weighted by Gasteiger charge is -2.31. The lowest BCUT2D eigenvalue weighted by atomic mass is 10.1. The second-order valence-electron chi connectivity index (χ2n) is 8.02. The summed E-state index contributed by atoms with van der Waals surface area (Å²) in [4.78, 5) is 35.8. The van der Waals surface area contributed by atoms with Crippen molar-refractivity contribution in [3.05, 3.63) is 64.1 Å². The lowest BCUT2D eigenvalue weighted by molar-refractivity contribution is -0.137. The number of hydrogen-bond donors (Lipinski definition) is 3. The van der Waals surface area contributed by atoms with Gasteiger partial charge in [0, 0.05) is 35.5 Å². The minimum Gasteiger partial charge on any atom is -0.481 e. The summed E-state index contributed by atoms with van der Waals surface area (Å²) < 4.78 is 33.8. The molecule has 0 fully saturated rings. The van der Waals surface area contributed by atoms with E-state index in [0.29, 0.717) is 5.01 Å². The van der Waals surface area contributed by atoms with Gasteiger partial charge in [0.05, 0.1) is 6.04 Å². The number of carboxylic acids is 1. The first-order valence-corrected chi connectivity index (χ1v) is 13.0. The summed E-state index contributed by atoms with van der Waals surface area (Å²) in [6, 6.07) is 10.3. The van der Waals surface area contributed by atoms with Crippen LogP contribution in [0.5, 0.6) is 0 Å². The molecule has 3 N–H and O–H groups in total. The fraction of sp³-hybridized carbons (Fsp3) is 0.292. The van der Waals surface area contributed by atoms with Crippen LogP contribution in [0.15, 0.2) is 46.9 Å². The number of rotatable bonds is 12. The van der Waals surface area contributed by atoms with Crippen LogP contribution in [-0.2, 0) is 20.9 Å². The maximum Gasteiger partial charge on any atom is 0.413 e. The minimum atomic E-state index is -1.05. The van der Waals surface area contributed by atoms with E-state index in [4.69, 9.17) is 9.84 Å². The molecule has 3 rings (SSSR count). The van der Waals surface area contributed by atoms with E-state index in [1.54, 1.807) is 0 Å². The van der Waals surface area contributed by atoms with Crippen molar-refractivity contribution >= 4 is 50.4 Å². The molecule has 202 valence electrons. The van der Waals surface area contributed by atoms with Crippen molar-refractivity contribution in [1.29, 1.82) is 0 Å². The molecule has 0 saturated heterocycles. The predicted molar refractivity (Wildman–Crippen MR) is 139 cm³/mol. The number of carbonyl (C=O) groups excluding carboxylic acids is 2. The number of hydrogen-bond acceptors (Lipinski definition) is 8. The second kappa shape index (κ2) is 13.9. The number of benzene rings is 2. The first kappa shape index (κ1) is 29.1. The molecule has 1 heterocycles. The van der Waals surface area contributed by atoms with E-state index in [9.17, 15) is 23.2 Å². The summed E-state index contributed by atoms with van der Waals surface area (Å²) in [6.45, 7) is 0.709. The van der Waals surface area contributed by atoms with Crippen molar-refractivity contribution in [2.45, 2.75) is 38.8 Å². The maximum absolute atomic E-state index is 14.1. The highest BCUT2D eigenvalue weighted by molar-refractivity contribution is 9.10. The Morgan fingerprint density at radius 3 is 2.58 bits per heavy atom. The van der Waals surface area contributed by atoms with Gasteiger partial charge in [-0.15, -0.1) is 10.2 Å². The normalized spacial score (nSPS) is 11.6. The summed E-state index contributed by atoms with van der Waals surface area (Å²) in [5.74, 6) is -3.60. The molecule has 0 aliphatic heterocycles. The molecule has 0 spiro atoms. The Hall–Kier alpha value is -3.49. The number of halogens is 3. The molecule has 10 nitrogen and oxygen atoms in total. The molecule has 38 heavy (non-hydrogen) atoms. The van der Waals surface area contributed by atoms with Crippen LogP contribution in [0.1, 0.15) is 31.7 Å². The number of nitrogens with zero attached hydrogens (tertiary/aromatic N) is 3. The Morgan fingerprint density at radius 2 is 1.89 bits per heavy atom. The molecule has 2 aromatic carbocycles. The van der Waals surface area contributed by atoms with Crippen molar-refractivity contribution in [1.82, 2.24) is 20.6 Å². The quantitative estimate of drug-likeness (QED) is 0.244.